The maximum atomic E-state index is 13.5. The van der Waals surface area contributed by atoms with E-state index in [1.165, 1.54) is 0 Å². The van der Waals surface area contributed by atoms with Gasteiger partial charge in [0.1, 0.15) is 16.6 Å². The van der Waals surface area contributed by atoms with Crippen LogP contribution in [-0.2, 0) is 17.5 Å². The number of carbonyl (C=O) groups excluding carboxylic acids is 1. The Bertz CT molecular complexity index is 1080. The minimum atomic E-state index is -2.76. The van der Waals surface area contributed by atoms with Crippen molar-refractivity contribution >= 4 is 22.5 Å². The second-order valence-electron chi connectivity index (χ2n) is 7.52. The zero-order valence-electron chi connectivity index (χ0n) is 16.4. The number of halogens is 2. The molecule has 1 aliphatic rings. The smallest absolute Gasteiger partial charge is 0.253 e. The Morgan fingerprint density at radius 2 is 2.03 bits per heavy atom. The number of aromatic nitrogens is 2. The van der Waals surface area contributed by atoms with Crippen molar-refractivity contribution in [3.05, 3.63) is 66.1 Å². The predicted octanol–water partition coefficient (Wildman–Crippen LogP) is 3.26. The largest absolute Gasteiger partial charge is 0.348 e. The molecule has 2 atom stereocenters. The van der Waals surface area contributed by atoms with Crippen molar-refractivity contribution in [2.45, 2.75) is 30.7 Å². The van der Waals surface area contributed by atoms with Gasteiger partial charge in [-0.05, 0) is 43.2 Å². The second kappa shape index (κ2) is 8.23. The molecular weight excluding hydrogens is 410 g/mol. The number of carbonyl (C=O) groups is 1. The van der Waals surface area contributed by atoms with Crippen molar-refractivity contribution in [2.75, 3.05) is 13.1 Å². The highest BCUT2D eigenvalue weighted by Crippen LogP contribution is 2.33. The predicted molar refractivity (Wildman–Crippen MR) is 110 cm³/mol. The Morgan fingerprint density at radius 3 is 2.73 bits per heavy atom. The van der Waals surface area contributed by atoms with Crippen LogP contribution >= 0.6 is 0 Å². The Kier molecular flexibility index (Phi) is 5.66. The van der Waals surface area contributed by atoms with Crippen molar-refractivity contribution in [3.8, 4) is 0 Å². The lowest BCUT2D eigenvalue weighted by Crippen LogP contribution is -2.29. The second-order valence-corrected chi connectivity index (χ2v) is 9.00. The van der Waals surface area contributed by atoms with Crippen molar-refractivity contribution in [1.82, 2.24) is 19.0 Å². The van der Waals surface area contributed by atoms with Gasteiger partial charge < -0.3 is 9.72 Å². The zero-order valence-corrected chi connectivity index (χ0v) is 17.2. The molecule has 9 heteroatoms. The van der Waals surface area contributed by atoms with E-state index in [0.717, 1.165) is 18.1 Å². The van der Waals surface area contributed by atoms with E-state index in [-0.39, 0.29) is 12.5 Å². The lowest BCUT2D eigenvalue weighted by atomic mass is 10.0. The van der Waals surface area contributed by atoms with E-state index in [0.29, 0.717) is 30.0 Å². The van der Waals surface area contributed by atoms with Gasteiger partial charge in [-0.1, -0.05) is 12.1 Å². The summed E-state index contributed by atoms with van der Waals surface area (Å²) in [7, 11) is -1.47. The third-order valence-electron chi connectivity index (χ3n) is 5.33. The maximum absolute atomic E-state index is 13.5. The third kappa shape index (κ3) is 4.41. The lowest BCUT2D eigenvalue weighted by Gasteiger charge is -2.19. The number of alkyl halides is 2. The standard InChI is InChI=1S/C21H22F2N4O2S/c1-21(22,23)17-8-10-27(14-17)30(29)18-5-2-15(3-6-18)12-25-20(28)16-4-7-19-24-9-11-26(19)13-16/h2-7,9,11,13,17H,8,10,12,14H2,1H3,(H,25,28). The van der Waals surface area contributed by atoms with Crippen molar-refractivity contribution in [3.63, 3.8) is 0 Å². The first kappa shape index (κ1) is 20.6. The van der Waals surface area contributed by atoms with E-state index >= 15 is 0 Å². The highest BCUT2D eigenvalue weighted by atomic mass is 32.2. The van der Waals surface area contributed by atoms with Gasteiger partial charge in [0.05, 0.1) is 10.5 Å². The van der Waals surface area contributed by atoms with Crippen molar-refractivity contribution in [1.29, 1.82) is 0 Å². The topological polar surface area (TPSA) is 66.7 Å². The van der Waals surface area contributed by atoms with E-state index in [1.807, 2.05) is 0 Å². The summed E-state index contributed by atoms with van der Waals surface area (Å²) in [6.07, 6.45) is 5.49. The van der Waals surface area contributed by atoms with Crippen LogP contribution < -0.4 is 5.32 Å². The van der Waals surface area contributed by atoms with Gasteiger partial charge in [-0.25, -0.2) is 22.3 Å². The molecular formula is C21H22F2N4O2S. The molecule has 1 aromatic carbocycles. The minimum absolute atomic E-state index is 0.120. The van der Waals surface area contributed by atoms with Crippen LogP contribution in [0.3, 0.4) is 0 Å². The number of hydrogen-bond acceptors (Lipinski definition) is 3. The van der Waals surface area contributed by atoms with Crippen LogP contribution in [0.2, 0.25) is 0 Å². The summed E-state index contributed by atoms with van der Waals surface area (Å²) in [6.45, 7) is 1.75. The summed E-state index contributed by atoms with van der Waals surface area (Å²) in [5.74, 6) is -3.73. The number of nitrogens with one attached hydrogen (secondary N) is 1. The van der Waals surface area contributed by atoms with Gasteiger partial charge in [-0.2, -0.15) is 0 Å². The van der Waals surface area contributed by atoms with E-state index in [4.69, 9.17) is 0 Å². The molecule has 2 aromatic heterocycles. The van der Waals surface area contributed by atoms with Crippen LogP contribution in [0.25, 0.3) is 5.65 Å². The monoisotopic (exact) mass is 432 g/mol. The number of benzene rings is 1. The highest BCUT2D eigenvalue weighted by Gasteiger charge is 2.40. The SMILES string of the molecule is CC(F)(F)C1CCN(S(=O)c2ccc(CNC(=O)c3ccc4nccn4c3)cc2)C1. The van der Waals surface area contributed by atoms with Crippen molar-refractivity contribution in [2.24, 2.45) is 5.92 Å². The fraction of sp³-hybridized carbons (Fsp3) is 0.333. The summed E-state index contributed by atoms with van der Waals surface area (Å²) in [5, 5.41) is 2.86. The van der Waals surface area contributed by atoms with E-state index in [1.54, 1.807) is 63.7 Å². The van der Waals surface area contributed by atoms with Crippen LogP contribution in [0, 0.1) is 5.92 Å². The van der Waals surface area contributed by atoms with Gasteiger partial charge >= 0.3 is 0 Å². The Morgan fingerprint density at radius 1 is 1.27 bits per heavy atom. The molecule has 2 unspecified atom stereocenters. The normalized spacial score (nSPS) is 18.6. The molecule has 4 rings (SSSR count). The first-order valence-corrected chi connectivity index (χ1v) is 10.8. The van der Waals surface area contributed by atoms with Gasteiger partial charge in [0.15, 0.2) is 0 Å². The Hall–Kier alpha value is -2.65. The molecule has 6 nitrogen and oxygen atoms in total. The van der Waals surface area contributed by atoms with Crippen LogP contribution in [0.4, 0.5) is 8.78 Å². The van der Waals surface area contributed by atoms with E-state index in [2.05, 4.69) is 10.3 Å². The molecule has 1 fully saturated rings. The van der Waals surface area contributed by atoms with Gasteiger partial charge in [0.25, 0.3) is 5.91 Å². The molecule has 0 bridgehead atoms. The number of amides is 1. The lowest BCUT2D eigenvalue weighted by molar-refractivity contribution is -0.0331. The molecule has 30 heavy (non-hydrogen) atoms. The molecule has 1 aliphatic heterocycles. The summed E-state index contributed by atoms with van der Waals surface area (Å²) in [5.41, 5.74) is 2.14. The number of rotatable bonds is 6. The number of imidazole rings is 1. The van der Waals surface area contributed by atoms with Crippen LogP contribution in [-0.4, -0.2) is 42.8 Å². The maximum Gasteiger partial charge on any atom is 0.253 e. The Labute approximate surface area is 175 Å². The van der Waals surface area contributed by atoms with Crippen molar-refractivity contribution < 1.29 is 17.8 Å². The highest BCUT2D eigenvalue weighted by molar-refractivity contribution is 7.82. The van der Waals surface area contributed by atoms with Gasteiger partial charge in [-0.3, -0.25) is 4.79 Å². The molecule has 0 saturated carbocycles. The van der Waals surface area contributed by atoms with Gasteiger partial charge in [-0.15, -0.1) is 0 Å². The number of hydrogen-bond donors (Lipinski definition) is 1. The summed E-state index contributed by atoms with van der Waals surface area (Å²) in [6, 6.07) is 10.5. The molecule has 0 radical (unpaired) electrons. The molecule has 1 amide bonds. The van der Waals surface area contributed by atoms with E-state index in [9.17, 15) is 17.8 Å². The third-order valence-corrected chi connectivity index (χ3v) is 6.81. The number of fused-ring (bicyclic) bond motifs is 1. The summed E-state index contributed by atoms with van der Waals surface area (Å²) in [4.78, 5) is 17.1. The number of nitrogens with zero attached hydrogens (tertiary/aromatic N) is 3. The average Bonchev–Trinajstić information content (AvgIpc) is 3.40. The fourth-order valence-corrected chi connectivity index (χ4v) is 4.76. The van der Waals surface area contributed by atoms with Crippen LogP contribution in [0.1, 0.15) is 29.3 Å². The van der Waals surface area contributed by atoms with E-state index < -0.39 is 22.8 Å². The first-order chi connectivity index (χ1) is 14.3. The quantitative estimate of drug-likeness (QED) is 0.650. The van der Waals surface area contributed by atoms with Crippen LogP contribution in [0.15, 0.2) is 59.9 Å². The Balaban J connectivity index is 1.34. The average molecular weight is 432 g/mol. The summed E-state index contributed by atoms with van der Waals surface area (Å²) < 4.78 is 43.0. The van der Waals surface area contributed by atoms with Gasteiger partial charge in [0.2, 0.25) is 5.92 Å². The molecule has 1 N–H and O–H groups in total. The summed E-state index contributed by atoms with van der Waals surface area (Å²) >= 11 is 0. The molecule has 1 saturated heterocycles. The fourth-order valence-electron chi connectivity index (χ4n) is 3.50. The zero-order chi connectivity index (χ0) is 21.3. The van der Waals surface area contributed by atoms with Crippen LogP contribution in [0.5, 0.6) is 0 Å². The molecule has 0 aliphatic carbocycles. The molecule has 0 spiro atoms. The number of pyridine rings is 1. The molecule has 158 valence electrons. The first-order valence-electron chi connectivity index (χ1n) is 9.66. The molecule has 3 heterocycles. The van der Waals surface area contributed by atoms with Gasteiger partial charge in [0, 0.05) is 44.1 Å². The molecule has 3 aromatic rings. The minimum Gasteiger partial charge on any atom is -0.348 e.